The van der Waals surface area contributed by atoms with Gasteiger partial charge in [0.15, 0.2) is 5.78 Å². The van der Waals surface area contributed by atoms with Gasteiger partial charge in [0, 0.05) is 59.2 Å². The summed E-state index contributed by atoms with van der Waals surface area (Å²) in [6, 6.07) is 15.1. The number of ether oxygens (including phenoxy) is 3. The van der Waals surface area contributed by atoms with E-state index < -0.39 is 5.41 Å². The quantitative estimate of drug-likeness (QED) is 0.287. The van der Waals surface area contributed by atoms with E-state index in [0.29, 0.717) is 47.1 Å². The molecule has 1 saturated heterocycles. The van der Waals surface area contributed by atoms with Gasteiger partial charge in [-0.3, -0.25) is 9.69 Å². The summed E-state index contributed by atoms with van der Waals surface area (Å²) < 4.78 is 23.9. The van der Waals surface area contributed by atoms with Crippen LogP contribution in [0.1, 0.15) is 65.2 Å². The number of pyridine rings is 1. The van der Waals surface area contributed by atoms with Gasteiger partial charge in [0.25, 0.3) is 0 Å². The van der Waals surface area contributed by atoms with E-state index in [1.165, 1.54) is 0 Å². The molecule has 2 aliphatic carbocycles. The van der Waals surface area contributed by atoms with Gasteiger partial charge in [-0.25, -0.2) is 4.98 Å². The molecule has 0 amide bonds. The van der Waals surface area contributed by atoms with Crippen molar-refractivity contribution in [2.45, 2.75) is 32.1 Å². The normalized spacial score (nSPS) is 18.2. The van der Waals surface area contributed by atoms with Crippen LogP contribution in [-0.4, -0.2) is 73.4 Å². The number of hydrogen-bond donors (Lipinski definition) is 1. The molecule has 8 nitrogen and oxygen atoms in total. The average Bonchev–Trinajstić information content (AvgIpc) is 3.73. The topological polar surface area (TPSA) is 94.3 Å². The standard InChI is InChI=1S/C36H36N2O6/c1-35(2)30-21-26(42-18-15-38-13-16-41-17-14-38)6-8-28(30)33(40)32-29-7-4-24(19-31(29)44-34(32)35)3-5-25-20-27(9-12-37-25)43-23-36(22-39)10-11-36/h4,6-9,12,19-21,39H,10-11,13-18,22-23H2,1-2H3. The fourth-order valence-corrected chi connectivity index (χ4v) is 6.01. The third-order valence-electron chi connectivity index (χ3n) is 9.08. The number of hydrogen-bond acceptors (Lipinski definition) is 8. The Hall–Kier alpha value is -4.16. The number of fused-ring (bicyclic) bond motifs is 4. The Labute approximate surface area is 256 Å². The van der Waals surface area contributed by atoms with Crippen molar-refractivity contribution in [1.29, 1.82) is 0 Å². The van der Waals surface area contributed by atoms with E-state index in [1.807, 2.05) is 42.5 Å². The van der Waals surface area contributed by atoms with Crippen LogP contribution in [-0.2, 0) is 10.2 Å². The van der Waals surface area contributed by atoms with Gasteiger partial charge in [0.2, 0.25) is 0 Å². The molecule has 0 spiro atoms. The number of aliphatic hydroxyl groups excluding tert-OH is 1. The third-order valence-corrected chi connectivity index (χ3v) is 9.08. The highest BCUT2D eigenvalue weighted by molar-refractivity contribution is 6.19. The number of carbonyl (C=O) groups excluding carboxylic acids is 1. The van der Waals surface area contributed by atoms with Crippen LogP contribution in [0.15, 0.2) is 59.1 Å². The average molecular weight is 593 g/mol. The van der Waals surface area contributed by atoms with Gasteiger partial charge >= 0.3 is 0 Å². The summed E-state index contributed by atoms with van der Waals surface area (Å²) >= 11 is 0. The number of aromatic nitrogens is 1. The zero-order chi connectivity index (χ0) is 30.3. The lowest BCUT2D eigenvalue weighted by atomic mass is 9.71. The Balaban J connectivity index is 1.10. The Morgan fingerprint density at radius 2 is 1.82 bits per heavy atom. The van der Waals surface area contributed by atoms with E-state index >= 15 is 0 Å². The Morgan fingerprint density at radius 3 is 2.61 bits per heavy atom. The maximum Gasteiger partial charge on any atom is 0.197 e. The molecule has 0 bridgehead atoms. The third kappa shape index (κ3) is 5.48. The van der Waals surface area contributed by atoms with Crippen LogP contribution >= 0.6 is 0 Å². The second kappa shape index (κ2) is 11.4. The first-order chi connectivity index (χ1) is 21.3. The first kappa shape index (κ1) is 28.6. The molecule has 0 radical (unpaired) electrons. The van der Waals surface area contributed by atoms with Crippen molar-refractivity contribution in [2.24, 2.45) is 5.41 Å². The molecule has 0 atom stereocenters. The summed E-state index contributed by atoms with van der Waals surface area (Å²) in [5, 5.41) is 10.3. The number of benzene rings is 2. The Bertz CT molecular complexity index is 1790. The molecular formula is C36H36N2O6. The van der Waals surface area contributed by atoms with Crippen molar-refractivity contribution in [2.75, 3.05) is 52.7 Å². The lowest BCUT2D eigenvalue weighted by Gasteiger charge is -2.31. The minimum atomic E-state index is -0.535. The Morgan fingerprint density at radius 1 is 1.00 bits per heavy atom. The van der Waals surface area contributed by atoms with E-state index in [4.69, 9.17) is 18.6 Å². The van der Waals surface area contributed by atoms with E-state index in [0.717, 1.165) is 68.0 Å². The van der Waals surface area contributed by atoms with Crippen LogP contribution in [0.4, 0.5) is 0 Å². The maximum atomic E-state index is 13.8. The fourth-order valence-electron chi connectivity index (χ4n) is 6.01. The lowest BCUT2D eigenvalue weighted by Crippen LogP contribution is -2.38. The molecule has 1 N–H and O–H groups in total. The number of rotatable bonds is 8. The molecule has 44 heavy (non-hydrogen) atoms. The van der Waals surface area contributed by atoms with Crippen molar-refractivity contribution in [3.63, 3.8) is 0 Å². The molecular weight excluding hydrogens is 556 g/mol. The van der Waals surface area contributed by atoms with Crippen LogP contribution in [0, 0.1) is 17.3 Å². The smallest absolute Gasteiger partial charge is 0.197 e. The minimum absolute atomic E-state index is 0.0398. The molecule has 1 aliphatic heterocycles. The van der Waals surface area contributed by atoms with Gasteiger partial charge in [0.1, 0.15) is 35.1 Å². The largest absolute Gasteiger partial charge is 0.493 e. The molecule has 3 aliphatic rings. The lowest BCUT2D eigenvalue weighted by molar-refractivity contribution is 0.0322. The maximum absolute atomic E-state index is 13.8. The highest BCUT2D eigenvalue weighted by atomic mass is 16.5. The van der Waals surface area contributed by atoms with Gasteiger partial charge in [-0.05, 0) is 80.6 Å². The zero-order valence-electron chi connectivity index (χ0n) is 25.2. The second-order valence-corrected chi connectivity index (χ2v) is 12.6. The van der Waals surface area contributed by atoms with Crippen molar-refractivity contribution in [3.8, 4) is 23.3 Å². The zero-order valence-corrected chi connectivity index (χ0v) is 25.2. The van der Waals surface area contributed by atoms with Crippen LogP contribution < -0.4 is 9.47 Å². The molecule has 8 heteroatoms. The Kier molecular flexibility index (Phi) is 7.41. The van der Waals surface area contributed by atoms with Crippen LogP contribution in [0.5, 0.6) is 11.5 Å². The molecule has 226 valence electrons. The van der Waals surface area contributed by atoms with Crippen molar-refractivity contribution >= 4 is 16.8 Å². The van der Waals surface area contributed by atoms with Gasteiger partial charge in [-0.1, -0.05) is 5.92 Å². The summed E-state index contributed by atoms with van der Waals surface area (Å²) in [6.45, 7) is 9.58. The highest BCUT2D eigenvalue weighted by Crippen LogP contribution is 2.47. The van der Waals surface area contributed by atoms with Crippen molar-refractivity contribution < 1.29 is 28.5 Å². The number of aliphatic hydroxyl groups is 1. The molecule has 1 saturated carbocycles. The minimum Gasteiger partial charge on any atom is -0.493 e. The predicted octanol–water partition coefficient (Wildman–Crippen LogP) is 4.96. The first-order valence-corrected chi connectivity index (χ1v) is 15.3. The summed E-state index contributed by atoms with van der Waals surface area (Å²) in [7, 11) is 0. The number of carbonyl (C=O) groups is 1. The number of morpholine rings is 1. The number of nitrogens with zero attached hydrogens (tertiary/aromatic N) is 2. The predicted molar refractivity (Wildman–Crippen MR) is 165 cm³/mol. The van der Waals surface area contributed by atoms with Gasteiger partial charge in [0.05, 0.1) is 32.0 Å². The van der Waals surface area contributed by atoms with Crippen LogP contribution in [0.25, 0.3) is 11.0 Å². The van der Waals surface area contributed by atoms with E-state index in [-0.39, 0.29) is 17.8 Å². The SMILES string of the molecule is CC1(C)c2cc(OCCN3CCOCC3)ccc2C(=O)c2c1oc1cc(C#Cc3cc(OCC4(CO)CC4)ccn3)ccc21. The van der Waals surface area contributed by atoms with Gasteiger partial charge in [-0.2, -0.15) is 0 Å². The van der Waals surface area contributed by atoms with Gasteiger partial charge in [-0.15, -0.1) is 0 Å². The molecule has 3 heterocycles. The molecule has 0 unspecified atom stereocenters. The van der Waals surface area contributed by atoms with Crippen molar-refractivity contribution in [3.05, 3.63) is 88.4 Å². The molecule has 2 aromatic heterocycles. The molecule has 7 rings (SSSR count). The molecule has 2 aromatic carbocycles. The van der Waals surface area contributed by atoms with E-state index in [1.54, 1.807) is 12.3 Å². The van der Waals surface area contributed by atoms with Crippen LogP contribution in [0.3, 0.4) is 0 Å². The monoisotopic (exact) mass is 592 g/mol. The number of ketones is 1. The second-order valence-electron chi connectivity index (χ2n) is 12.6. The van der Waals surface area contributed by atoms with Crippen LogP contribution in [0.2, 0.25) is 0 Å². The summed E-state index contributed by atoms with van der Waals surface area (Å²) in [5.41, 5.74) is 3.53. The summed E-state index contributed by atoms with van der Waals surface area (Å²) in [6.07, 6.45) is 3.65. The highest BCUT2D eigenvalue weighted by Gasteiger charge is 2.43. The molecule has 2 fully saturated rings. The fraction of sp³-hybridized carbons (Fsp3) is 0.389. The van der Waals surface area contributed by atoms with E-state index in [2.05, 4.69) is 35.6 Å². The summed E-state index contributed by atoms with van der Waals surface area (Å²) in [5.74, 6) is 8.34. The van der Waals surface area contributed by atoms with E-state index in [9.17, 15) is 9.90 Å². The van der Waals surface area contributed by atoms with Gasteiger partial charge < -0.3 is 23.7 Å². The first-order valence-electron chi connectivity index (χ1n) is 15.3. The van der Waals surface area contributed by atoms with Crippen molar-refractivity contribution in [1.82, 2.24) is 9.88 Å². The number of furan rings is 1. The summed E-state index contributed by atoms with van der Waals surface area (Å²) in [4.78, 5) is 20.5. The molecule has 4 aromatic rings.